The number of amides is 1. The van der Waals surface area contributed by atoms with Crippen LogP contribution in [0.25, 0.3) is 0 Å². The van der Waals surface area contributed by atoms with Crippen LogP contribution < -0.4 is 11.1 Å². The molecule has 0 atom stereocenters. The molecule has 0 fully saturated rings. The molecule has 0 saturated carbocycles. The van der Waals surface area contributed by atoms with E-state index in [-0.39, 0.29) is 17.2 Å². The van der Waals surface area contributed by atoms with Crippen molar-refractivity contribution in [3.05, 3.63) is 0 Å². The van der Waals surface area contributed by atoms with Crippen molar-refractivity contribution in [1.29, 1.82) is 0 Å². The van der Waals surface area contributed by atoms with Crippen LogP contribution in [0.4, 0.5) is 0 Å². The Morgan fingerprint density at radius 2 is 2.00 bits per heavy atom. The molecule has 0 aromatic carbocycles. The second-order valence-electron chi connectivity index (χ2n) is 4.12. The molecule has 0 aliphatic rings. The second kappa shape index (κ2) is 4.56. The Bertz CT molecular complexity index is 212. The van der Waals surface area contributed by atoms with Crippen LogP contribution >= 0.6 is 12.2 Å². The number of carbonyl (C=O) groups is 1. The molecule has 0 rings (SSSR count). The van der Waals surface area contributed by atoms with Gasteiger partial charge >= 0.3 is 0 Å². The van der Waals surface area contributed by atoms with Crippen molar-refractivity contribution >= 4 is 23.1 Å². The molecule has 1 amide bonds. The maximum atomic E-state index is 11.2. The van der Waals surface area contributed by atoms with E-state index in [4.69, 9.17) is 18.0 Å². The molecule has 4 heteroatoms. The van der Waals surface area contributed by atoms with E-state index in [1.165, 1.54) is 0 Å². The van der Waals surface area contributed by atoms with Gasteiger partial charge in [0.2, 0.25) is 5.91 Å². The van der Waals surface area contributed by atoms with E-state index in [0.29, 0.717) is 11.5 Å². The minimum atomic E-state index is -0.306. The molecule has 76 valence electrons. The van der Waals surface area contributed by atoms with Crippen LogP contribution in [0.5, 0.6) is 0 Å². The summed E-state index contributed by atoms with van der Waals surface area (Å²) in [4.78, 5) is 11.6. The van der Waals surface area contributed by atoms with Crippen molar-refractivity contribution in [2.45, 2.75) is 27.7 Å². The van der Waals surface area contributed by atoms with Crippen molar-refractivity contribution < 1.29 is 4.79 Å². The lowest BCUT2D eigenvalue weighted by Gasteiger charge is -2.23. The standard InChI is InChI=1S/C9H18N2OS/c1-6(2)7(12)11-5-9(3,4)8(10)13/h6H,5H2,1-4H3,(H2,10,13)(H,11,12). The SMILES string of the molecule is CC(C)C(=O)NCC(C)(C)C(N)=S. The zero-order valence-electron chi connectivity index (χ0n) is 8.68. The van der Waals surface area contributed by atoms with Gasteiger partial charge in [-0.1, -0.05) is 39.9 Å². The van der Waals surface area contributed by atoms with E-state index in [2.05, 4.69) is 5.32 Å². The monoisotopic (exact) mass is 202 g/mol. The van der Waals surface area contributed by atoms with Gasteiger partial charge in [0.05, 0.1) is 4.99 Å². The molecule has 0 saturated heterocycles. The van der Waals surface area contributed by atoms with Crippen LogP contribution in [0.3, 0.4) is 0 Å². The summed E-state index contributed by atoms with van der Waals surface area (Å²) in [7, 11) is 0. The van der Waals surface area contributed by atoms with Crippen LogP contribution in [-0.2, 0) is 4.79 Å². The Balaban J connectivity index is 4.03. The highest BCUT2D eigenvalue weighted by molar-refractivity contribution is 7.80. The summed E-state index contributed by atoms with van der Waals surface area (Å²) in [5.74, 6) is 0.0338. The third-order valence-corrected chi connectivity index (χ3v) is 2.45. The van der Waals surface area contributed by atoms with Crippen LogP contribution in [0, 0.1) is 11.3 Å². The number of hydrogen-bond donors (Lipinski definition) is 2. The Kier molecular flexibility index (Phi) is 4.33. The maximum Gasteiger partial charge on any atom is 0.222 e. The quantitative estimate of drug-likeness (QED) is 0.671. The molecular weight excluding hydrogens is 184 g/mol. The van der Waals surface area contributed by atoms with Gasteiger partial charge in [0.1, 0.15) is 0 Å². The van der Waals surface area contributed by atoms with E-state index in [1.807, 2.05) is 27.7 Å². The summed E-state index contributed by atoms with van der Waals surface area (Å²) in [5, 5.41) is 2.80. The molecule has 3 N–H and O–H groups in total. The summed E-state index contributed by atoms with van der Waals surface area (Å²) in [6, 6.07) is 0. The van der Waals surface area contributed by atoms with Crippen molar-refractivity contribution in [2.75, 3.05) is 6.54 Å². The number of rotatable bonds is 4. The Hall–Kier alpha value is -0.640. The van der Waals surface area contributed by atoms with Crippen molar-refractivity contribution in [3.63, 3.8) is 0 Å². The molecule has 0 radical (unpaired) electrons. The normalized spacial score (nSPS) is 11.5. The van der Waals surface area contributed by atoms with Gasteiger partial charge in [0, 0.05) is 17.9 Å². The lowest BCUT2D eigenvalue weighted by atomic mass is 9.93. The molecule has 3 nitrogen and oxygen atoms in total. The highest BCUT2D eigenvalue weighted by Gasteiger charge is 2.22. The van der Waals surface area contributed by atoms with Gasteiger partial charge in [-0.05, 0) is 0 Å². The van der Waals surface area contributed by atoms with Crippen molar-refractivity contribution in [1.82, 2.24) is 5.32 Å². The molecular formula is C9H18N2OS. The first-order chi connectivity index (χ1) is 5.77. The fourth-order valence-electron chi connectivity index (χ4n) is 0.599. The Morgan fingerprint density at radius 3 is 2.31 bits per heavy atom. The largest absolute Gasteiger partial charge is 0.393 e. The minimum Gasteiger partial charge on any atom is -0.393 e. The molecule has 0 aromatic rings. The predicted molar refractivity (Wildman–Crippen MR) is 58.4 cm³/mol. The fraction of sp³-hybridized carbons (Fsp3) is 0.778. The van der Waals surface area contributed by atoms with Gasteiger partial charge in [-0.2, -0.15) is 0 Å². The number of nitrogens with one attached hydrogen (secondary N) is 1. The van der Waals surface area contributed by atoms with Gasteiger partial charge in [-0.25, -0.2) is 0 Å². The van der Waals surface area contributed by atoms with E-state index in [0.717, 1.165) is 0 Å². The minimum absolute atomic E-state index is 0.00199. The third kappa shape index (κ3) is 4.22. The third-order valence-electron chi connectivity index (χ3n) is 1.90. The average Bonchev–Trinajstić information content (AvgIpc) is 1.99. The van der Waals surface area contributed by atoms with Gasteiger partial charge in [0.15, 0.2) is 0 Å². The molecule has 0 bridgehead atoms. The first kappa shape index (κ1) is 12.4. The first-order valence-corrected chi connectivity index (χ1v) is 4.76. The zero-order valence-corrected chi connectivity index (χ0v) is 9.49. The number of carbonyl (C=O) groups excluding carboxylic acids is 1. The average molecular weight is 202 g/mol. The summed E-state index contributed by atoms with van der Waals surface area (Å²) in [6.45, 7) is 8.03. The molecule has 0 aliphatic heterocycles. The van der Waals surface area contributed by atoms with Crippen LogP contribution in [0.1, 0.15) is 27.7 Å². The fourth-order valence-corrected chi connectivity index (χ4v) is 0.671. The van der Waals surface area contributed by atoms with Crippen molar-refractivity contribution in [3.8, 4) is 0 Å². The smallest absolute Gasteiger partial charge is 0.222 e. The van der Waals surface area contributed by atoms with Crippen molar-refractivity contribution in [2.24, 2.45) is 17.1 Å². The summed E-state index contributed by atoms with van der Waals surface area (Å²) in [6.07, 6.45) is 0. The number of nitrogens with two attached hydrogens (primary N) is 1. The zero-order chi connectivity index (χ0) is 10.6. The maximum absolute atomic E-state index is 11.2. The van der Waals surface area contributed by atoms with Crippen LogP contribution in [0.2, 0.25) is 0 Å². The van der Waals surface area contributed by atoms with Gasteiger partial charge in [0.25, 0.3) is 0 Å². The lowest BCUT2D eigenvalue weighted by Crippen LogP contribution is -2.42. The second-order valence-corrected chi connectivity index (χ2v) is 4.56. The number of thiocarbonyl (C=S) groups is 1. The molecule has 0 aliphatic carbocycles. The van der Waals surface area contributed by atoms with Gasteiger partial charge in [-0.3, -0.25) is 4.79 Å². The Morgan fingerprint density at radius 1 is 1.54 bits per heavy atom. The van der Waals surface area contributed by atoms with E-state index < -0.39 is 0 Å². The Labute approximate surface area is 85.1 Å². The van der Waals surface area contributed by atoms with Gasteiger partial charge in [-0.15, -0.1) is 0 Å². The number of hydrogen-bond acceptors (Lipinski definition) is 2. The van der Waals surface area contributed by atoms with E-state index in [1.54, 1.807) is 0 Å². The summed E-state index contributed by atoms with van der Waals surface area (Å²) < 4.78 is 0. The molecule has 0 heterocycles. The lowest BCUT2D eigenvalue weighted by molar-refractivity contribution is -0.124. The molecule has 13 heavy (non-hydrogen) atoms. The highest BCUT2D eigenvalue weighted by Crippen LogP contribution is 2.13. The summed E-state index contributed by atoms with van der Waals surface area (Å²) >= 11 is 4.88. The molecule has 0 spiro atoms. The highest BCUT2D eigenvalue weighted by atomic mass is 32.1. The molecule has 0 unspecified atom stereocenters. The van der Waals surface area contributed by atoms with Crippen LogP contribution in [0.15, 0.2) is 0 Å². The molecule has 0 aromatic heterocycles. The van der Waals surface area contributed by atoms with Crippen LogP contribution in [-0.4, -0.2) is 17.4 Å². The van der Waals surface area contributed by atoms with E-state index in [9.17, 15) is 4.79 Å². The van der Waals surface area contributed by atoms with E-state index >= 15 is 0 Å². The van der Waals surface area contributed by atoms with Gasteiger partial charge < -0.3 is 11.1 Å². The predicted octanol–water partition coefficient (Wildman–Crippen LogP) is 1.07. The summed E-state index contributed by atoms with van der Waals surface area (Å²) in [5.41, 5.74) is 5.21. The topological polar surface area (TPSA) is 55.1 Å². The first-order valence-electron chi connectivity index (χ1n) is 4.35.